The topological polar surface area (TPSA) is 57.5 Å². The Bertz CT molecular complexity index is 629. The number of hydrogen-bond acceptors (Lipinski definition) is 3. The molecule has 2 N–H and O–H groups in total. The van der Waals surface area contributed by atoms with Gasteiger partial charge in [0.2, 0.25) is 0 Å². The van der Waals surface area contributed by atoms with Gasteiger partial charge in [0, 0.05) is 11.8 Å². The van der Waals surface area contributed by atoms with Crippen molar-refractivity contribution in [3.05, 3.63) is 11.6 Å². The molecule has 6 atom stereocenters. The second-order valence-electron chi connectivity index (χ2n) is 8.48. The first-order chi connectivity index (χ1) is 10.8. The fourth-order valence-electron chi connectivity index (χ4n) is 6.44. The van der Waals surface area contributed by atoms with E-state index in [0.29, 0.717) is 31.1 Å². The number of fused-ring (bicyclic) bond motifs is 5. The lowest BCUT2D eigenvalue weighted by Gasteiger charge is -2.57. The van der Waals surface area contributed by atoms with Crippen LogP contribution in [0.5, 0.6) is 0 Å². The van der Waals surface area contributed by atoms with Gasteiger partial charge in [-0.2, -0.15) is 0 Å². The smallest absolute Gasteiger partial charge is 0.155 e. The third-order valence-corrected chi connectivity index (χ3v) is 7.83. The van der Waals surface area contributed by atoms with Crippen LogP contribution in [0.25, 0.3) is 0 Å². The minimum atomic E-state index is -0.996. The molecule has 23 heavy (non-hydrogen) atoms. The number of hydrogen-bond donors (Lipinski definition) is 2. The molecule has 3 fully saturated rings. The summed E-state index contributed by atoms with van der Waals surface area (Å²) in [6.45, 7) is 2.15. The molecule has 0 bridgehead atoms. The highest BCUT2D eigenvalue weighted by Gasteiger charge is 2.64. The van der Waals surface area contributed by atoms with Crippen LogP contribution in [-0.2, 0) is 4.79 Å². The van der Waals surface area contributed by atoms with Crippen LogP contribution in [0.15, 0.2) is 11.6 Å². The molecule has 4 rings (SSSR count). The maximum atomic E-state index is 11.7. The highest BCUT2D eigenvalue weighted by molar-refractivity contribution is 5.92. The van der Waals surface area contributed by atoms with Gasteiger partial charge in [0.15, 0.2) is 5.78 Å². The normalized spacial score (nSPS) is 52.0. The van der Waals surface area contributed by atoms with Crippen LogP contribution in [0.1, 0.15) is 58.3 Å². The molecule has 4 aliphatic carbocycles. The van der Waals surface area contributed by atoms with E-state index in [9.17, 15) is 15.0 Å². The van der Waals surface area contributed by atoms with Crippen molar-refractivity contribution < 1.29 is 15.0 Å². The SMILES string of the molecule is C#C[C@@]1(O)CC[C@H]2[C@@H]3CCC4=CC(=O)CC[C@]4(O)[C@H]3CC[C@@]21C. The first kappa shape index (κ1) is 15.4. The van der Waals surface area contributed by atoms with Gasteiger partial charge in [0.25, 0.3) is 0 Å². The molecule has 3 heteroatoms. The van der Waals surface area contributed by atoms with Crippen LogP contribution < -0.4 is 0 Å². The number of carbonyl (C=O) groups is 1. The molecule has 3 saturated carbocycles. The average Bonchev–Trinajstić information content (AvgIpc) is 2.80. The van der Waals surface area contributed by atoms with Crippen LogP contribution in [0.3, 0.4) is 0 Å². The molecular weight excluding hydrogens is 288 g/mol. The maximum absolute atomic E-state index is 11.7. The molecule has 0 aliphatic heterocycles. The quantitative estimate of drug-likeness (QED) is 0.676. The Morgan fingerprint density at radius 3 is 2.61 bits per heavy atom. The third kappa shape index (κ3) is 1.83. The van der Waals surface area contributed by atoms with E-state index in [4.69, 9.17) is 6.42 Å². The van der Waals surface area contributed by atoms with Crippen LogP contribution in [-0.4, -0.2) is 27.2 Å². The summed E-state index contributed by atoms with van der Waals surface area (Å²) in [5, 5.41) is 22.3. The van der Waals surface area contributed by atoms with E-state index >= 15 is 0 Å². The molecule has 0 aromatic rings. The van der Waals surface area contributed by atoms with Gasteiger partial charge in [-0.15, -0.1) is 6.42 Å². The second-order valence-corrected chi connectivity index (χ2v) is 8.48. The van der Waals surface area contributed by atoms with E-state index in [1.807, 2.05) is 0 Å². The predicted octanol–water partition coefficient (Wildman–Crippen LogP) is 2.61. The molecule has 4 aliphatic rings. The lowest BCUT2D eigenvalue weighted by molar-refractivity contribution is -0.136. The van der Waals surface area contributed by atoms with Crippen LogP contribution >= 0.6 is 0 Å². The van der Waals surface area contributed by atoms with Crippen molar-refractivity contribution >= 4 is 5.78 Å². The van der Waals surface area contributed by atoms with E-state index in [0.717, 1.165) is 37.7 Å². The molecule has 0 aromatic heterocycles. The lowest BCUT2D eigenvalue weighted by atomic mass is 9.49. The fourth-order valence-corrected chi connectivity index (χ4v) is 6.44. The molecule has 0 aromatic carbocycles. The predicted molar refractivity (Wildman–Crippen MR) is 87.3 cm³/mol. The van der Waals surface area contributed by atoms with Crippen molar-refractivity contribution in [2.75, 3.05) is 0 Å². The molecule has 0 saturated heterocycles. The summed E-state index contributed by atoms with van der Waals surface area (Å²) in [7, 11) is 0. The van der Waals surface area contributed by atoms with Crippen molar-refractivity contribution in [1.29, 1.82) is 0 Å². The van der Waals surface area contributed by atoms with Crippen molar-refractivity contribution in [2.24, 2.45) is 23.2 Å². The zero-order chi connectivity index (χ0) is 16.5. The first-order valence-electron chi connectivity index (χ1n) is 9.00. The maximum Gasteiger partial charge on any atom is 0.155 e. The van der Waals surface area contributed by atoms with Gasteiger partial charge in [-0.25, -0.2) is 0 Å². The van der Waals surface area contributed by atoms with Gasteiger partial charge in [-0.1, -0.05) is 12.8 Å². The highest BCUT2D eigenvalue weighted by Crippen LogP contribution is 2.65. The zero-order valence-electron chi connectivity index (χ0n) is 13.8. The Balaban J connectivity index is 1.70. The molecule has 0 radical (unpaired) electrons. The summed E-state index contributed by atoms with van der Waals surface area (Å²) in [5.74, 6) is 3.85. The Kier molecular flexibility index (Phi) is 3.16. The summed E-state index contributed by atoms with van der Waals surface area (Å²) >= 11 is 0. The van der Waals surface area contributed by atoms with Crippen LogP contribution in [0, 0.1) is 35.5 Å². The van der Waals surface area contributed by atoms with E-state index in [-0.39, 0.29) is 17.1 Å². The average molecular weight is 314 g/mol. The minimum absolute atomic E-state index is 0.159. The van der Waals surface area contributed by atoms with Gasteiger partial charge < -0.3 is 10.2 Å². The third-order valence-electron chi connectivity index (χ3n) is 7.83. The van der Waals surface area contributed by atoms with E-state index in [1.165, 1.54) is 0 Å². The van der Waals surface area contributed by atoms with Crippen molar-refractivity contribution in [3.63, 3.8) is 0 Å². The number of carbonyl (C=O) groups excluding carboxylic acids is 1. The van der Waals surface area contributed by atoms with Crippen molar-refractivity contribution in [3.8, 4) is 12.3 Å². The summed E-state index contributed by atoms with van der Waals surface area (Å²) < 4.78 is 0. The van der Waals surface area contributed by atoms with E-state index in [1.54, 1.807) is 6.08 Å². The molecule has 124 valence electrons. The highest BCUT2D eigenvalue weighted by atomic mass is 16.3. The van der Waals surface area contributed by atoms with Gasteiger partial charge in [-0.3, -0.25) is 4.79 Å². The van der Waals surface area contributed by atoms with Crippen LogP contribution in [0.2, 0.25) is 0 Å². The van der Waals surface area contributed by atoms with Gasteiger partial charge >= 0.3 is 0 Å². The first-order valence-corrected chi connectivity index (χ1v) is 9.00. The second kappa shape index (κ2) is 4.71. The Hall–Kier alpha value is -1.11. The number of ketones is 1. The molecule has 0 unspecified atom stereocenters. The Morgan fingerprint density at radius 1 is 1.13 bits per heavy atom. The van der Waals surface area contributed by atoms with Gasteiger partial charge in [-0.05, 0) is 74.3 Å². The molecule has 0 amide bonds. The summed E-state index contributed by atoms with van der Waals surface area (Å²) in [6, 6.07) is 0. The van der Waals surface area contributed by atoms with Gasteiger partial charge in [0.05, 0.1) is 5.60 Å². The minimum Gasteiger partial charge on any atom is -0.385 e. The summed E-state index contributed by atoms with van der Waals surface area (Å²) in [6.07, 6.45) is 13.6. The van der Waals surface area contributed by atoms with E-state index < -0.39 is 11.2 Å². The standard InChI is InChI=1S/C20H26O3/c1-3-19(22)10-8-16-15-5-4-13-12-14(21)6-11-20(13,23)17(15)7-9-18(16,19)2/h1,12,15-17,22-23H,4-11H2,2H3/t15-,16-,17-,18-,19+,20+/m0/s1. The van der Waals surface area contributed by atoms with E-state index in [2.05, 4.69) is 12.8 Å². The van der Waals surface area contributed by atoms with Crippen molar-refractivity contribution in [1.82, 2.24) is 0 Å². The van der Waals surface area contributed by atoms with Crippen molar-refractivity contribution in [2.45, 2.75) is 69.5 Å². The Labute approximate surface area is 138 Å². The molecule has 3 nitrogen and oxygen atoms in total. The number of terminal acetylenes is 1. The Morgan fingerprint density at radius 2 is 1.87 bits per heavy atom. The van der Waals surface area contributed by atoms with Gasteiger partial charge in [0.1, 0.15) is 5.60 Å². The number of aliphatic hydroxyl groups is 2. The molecular formula is C20H26O3. The van der Waals surface area contributed by atoms with Crippen LogP contribution in [0.4, 0.5) is 0 Å². The molecule has 0 heterocycles. The lowest BCUT2D eigenvalue weighted by Crippen LogP contribution is -2.57. The summed E-state index contributed by atoms with van der Waals surface area (Å²) in [4.78, 5) is 11.7. The molecule has 0 spiro atoms. The monoisotopic (exact) mass is 314 g/mol. The summed E-state index contributed by atoms with van der Waals surface area (Å²) in [5.41, 5.74) is -1.06. The number of rotatable bonds is 0. The largest absolute Gasteiger partial charge is 0.385 e. The fraction of sp³-hybridized carbons (Fsp3) is 0.750. The zero-order valence-corrected chi connectivity index (χ0v) is 13.8.